The van der Waals surface area contributed by atoms with E-state index in [1.165, 1.54) is 10.9 Å². The van der Waals surface area contributed by atoms with Crippen molar-refractivity contribution < 1.29 is 9.53 Å². The molecule has 44 heavy (non-hydrogen) atoms. The number of ether oxygens (including phenoxy) is 1. The summed E-state index contributed by atoms with van der Waals surface area (Å²) >= 11 is 0. The fourth-order valence-corrected chi connectivity index (χ4v) is 5.76. The average molecular weight is 590 g/mol. The number of hydrogen-bond donors (Lipinski definition) is 4. The Morgan fingerprint density at radius 3 is 2.32 bits per heavy atom. The number of amides is 1. The van der Waals surface area contributed by atoms with Crippen LogP contribution in [0.25, 0.3) is 21.8 Å². The summed E-state index contributed by atoms with van der Waals surface area (Å²) in [6.45, 7) is 3.96. The Morgan fingerprint density at radius 2 is 1.61 bits per heavy atom. The zero-order valence-corrected chi connectivity index (χ0v) is 25.4. The van der Waals surface area contributed by atoms with Crippen molar-refractivity contribution >= 4 is 27.7 Å². The molecule has 0 aliphatic heterocycles. The topological polar surface area (TPSA) is 127 Å². The third kappa shape index (κ3) is 6.23. The van der Waals surface area contributed by atoms with Crippen LogP contribution in [-0.2, 0) is 30.6 Å². The summed E-state index contributed by atoms with van der Waals surface area (Å²) in [5.41, 5.74) is 10.8. The van der Waals surface area contributed by atoms with Crippen molar-refractivity contribution in [2.24, 2.45) is 5.73 Å². The molecule has 6 aromatic rings. The molecule has 9 nitrogen and oxygen atoms in total. The van der Waals surface area contributed by atoms with Gasteiger partial charge in [0.05, 0.1) is 25.2 Å². The molecule has 3 aromatic carbocycles. The molecule has 3 aromatic heterocycles. The third-order valence-electron chi connectivity index (χ3n) is 8.15. The van der Waals surface area contributed by atoms with Gasteiger partial charge in [-0.05, 0) is 67.6 Å². The van der Waals surface area contributed by atoms with E-state index in [-0.39, 0.29) is 5.91 Å². The van der Waals surface area contributed by atoms with Crippen LogP contribution in [0.3, 0.4) is 0 Å². The molecule has 0 fully saturated rings. The molecular formula is C35H39N7O2. The van der Waals surface area contributed by atoms with Crippen LogP contribution in [-0.4, -0.2) is 43.3 Å². The zero-order valence-electron chi connectivity index (χ0n) is 25.4. The first-order valence-electron chi connectivity index (χ1n) is 15.0. The van der Waals surface area contributed by atoms with Crippen molar-refractivity contribution in [2.75, 3.05) is 7.11 Å². The largest absolute Gasteiger partial charge is 0.497 e. The Labute approximate surface area is 256 Å². The summed E-state index contributed by atoms with van der Waals surface area (Å²) in [5.74, 6) is 2.09. The predicted molar refractivity (Wildman–Crippen MR) is 174 cm³/mol. The van der Waals surface area contributed by atoms with Gasteiger partial charge in [0.25, 0.3) is 0 Å². The highest BCUT2D eigenvalue weighted by atomic mass is 16.5. The van der Waals surface area contributed by atoms with E-state index in [4.69, 9.17) is 20.7 Å². The number of aromatic amines is 2. The molecule has 1 unspecified atom stereocenters. The monoisotopic (exact) mass is 589 g/mol. The minimum Gasteiger partial charge on any atom is -0.497 e. The number of para-hydroxylation sites is 2. The molecule has 226 valence electrons. The second kappa shape index (κ2) is 12.4. The van der Waals surface area contributed by atoms with Crippen molar-refractivity contribution in [3.05, 3.63) is 114 Å². The number of aromatic nitrogens is 5. The van der Waals surface area contributed by atoms with Crippen LogP contribution in [0.15, 0.2) is 85.2 Å². The second-order valence-electron chi connectivity index (χ2n) is 11.9. The third-order valence-corrected chi connectivity index (χ3v) is 8.15. The summed E-state index contributed by atoms with van der Waals surface area (Å²) in [6.07, 6.45) is 7.15. The van der Waals surface area contributed by atoms with Crippen molar-refractivity contribution in [1.82, 2.24) is 30.0 Å². The van der Waals surface area contributed by atoms with E-state index in [1.807, 2.05) is 48.7 Å². The van der Waals surface area contributed by atoms with Crippen LogP contribution in [0.5, 0.6) is 5.75 Å². The summed E-state index contributed by atoms with van der Waals surface area (Å²) in [5, 5.41) is 15.0. The van der Waals surface area contributed by atoms with Crippen molar-refractivity contribution in [3.8, 4) is 5.75 Å². The second-order valence-corrected chi connectivity index (χ2v) is 11.9. The first-order valence-corrected chi connectivity index (χ1v) is 15.0. The molecule has 0 spiro atoms. The van der Waals surface area contributed by atoms with Gasteiger partial charge in [0, 0.05) is 47.0 Å². The maximum Gasteiger partial charge on any atom is 0.240 e. The summed E-state index contributed by atoms with van der Waals surface area (Å²) in [7, 11) is 1.67. The SMILES string of the molecule is COc1cccc(Cn2c(CCCc3c[nH]c4ccccc34)nnc2C(Cc2c[nH]c3ccccc23)NC(=O)C(C)(C)N)c1. The van der Waals surface area contributed by atoms with Gasteiger partial charge in [0.15, 0.2) is 5.82 Å². The molecule has 0 saturated carbocycles. The molecule has 5 N–H and O–H groups in total. The maximum atomic E-state index is 13.3. The molecule has 0 aliphatic rings. The smallest absolute Gasteiger partial charge is 0.240 e. The predicted octanol–water partition coefficient (Wildman–Crippen LogP) is 5.61. The van der Waals surface area contributed by atoms with Gasteiger partial charge < -0.3 is 30.3 Å². The molecule has 0 saturated heterocycles. The molecule has 1 amide bonds. The Hall–Kier alpha value is -4.89. The lowest BCUT2D eigenvalue weighted by molar-refractivity contribution is -0.126. The normalized spacial score (nSPS) is 12.5. The quantitative estimate of drug-likeness (QED) is 0.148. The lowest BCUT2D eigenvalue weighted by Gasteiger charge is -2.25. The van der Waals surface area contributed by atoms with E-state index < -0.39 is 11.6 Å². The number of aryl methyl sites for hydroxylation is 2. The van der Waals surface area contributed by atoms with E-state index in [2.05, 4.69) is 56.4 Å². The lowest BCUT2D eigenvalue weighted by Crippen LogP contribution is -2.50. The molecule has 0 bridgehead atoms. The minimum absolute atomic E-state index is 0.251. The molecule has 1 atom stereocenters. The fourth-order valence-electron chi connectivity index (χ4n) is 5.76. The van der Waals surface area contributed by atoms with Gasteiger partial charge in [-0.25, -0.2) is 0 Å². The van der Waals surface area contributed by atoms with Crippen LogP contribution in [0.4, 0.5) is 0 Å². The number of rotatable bonds is 12. The Morgan fingerprint density at radius 1 is 0.932 bits per heavy atom. The van der Waals surface area contributed by atoms with Gasteiger partial charge in [-0.2, -0.15) is 0 Å². The van der Waals surface area contributed by atoms with Gasteiger partial charge in [-0.15, -0.1) is 10.2 Å². The fraction of sp³-hybridized carbons (Fsp3) is 0.286. The van der Waals surface area contributed by atoms with Gasteiger partial charge in [0.2, 0.25) is 5.91 Å². The van der Waals surface area contributed by atoms with Crippen LogP contribution in [0, 0.1) is 0 Å². The molecular weight excluding hydrogens is 550 g/mol. The number of H-pyrrole nitrogens is 2. The number of nitrogens with zero attached hydrogens (tertiary/aromatic N) is 3. The first-order chi connectivity index (χ1) is 21.3. The summed E-state index contributed by atoms with van der Waals surface area (Å²) in [4.78, 5) is 20.0. The van der Waals surface area contributed by atoms with Gasteiger partial charge in [-0.1, -0.05) is 48.5 Å². The van der Waals surface area contributed by atoms with E-state index in [9.17, 15) is 4.79 Å². The van der Waals surface area contributed by atoms with Gasteiger partial charge in [0.1, 0.15) is 11.6 Å². The molecule has 0 aliphatic carbocycles. The van der Waals surface area contributed by atoms with Crippen molar-refractivity contribution in [2.45, 2.75) is 57.7 Å². The number of nitrogens with one attached hydrogen (secondary N) is 3. The van der Waals surface area contributed by atoms with Crippen LogP contribution in [0.1, 0.15) is 54.6 Å². The van der Waals surface area contributed by atoms with Gasteiger partial charge in [-0.3, -0.25) is 4.79 Å². The number of benzene rings is 3. The highest BCUT2D eigenvalue weighted by molar-refractivity contribution is 5.86. The number of carbonyl (C=O) groups excluding carboxylic acids is 1. The summed E-state index contributed by atoms with van der Waals surface area (Å²) < 4.78 is 7.65. The van der Waals surface area contributed by atoms with Crippen molar-refractivity contribution in [3.63, 3.8) is 0 Å². The number of hydrogen-bond acceptors (Lipinski definition) is 5. The standard InChI is InChI=1S/C35H39N7O2/c1-35(2,36)34(43)39-31(19-25-21-38-30-16-7-5-14-28(25)30)33-41-40-32(42(33)22-23-10-8-12-26(18-23)44-3)17-9-11-24-20-37-29-15-6-4-13-27(24)29/h4-8,10,12-16,18,20-21,31,37-38H,9,11,17,19,22,36H2,1-3H3,(H,39,43). The number of nitrogens with two attached hydrogens (primary N) is 1. The van der Waals surface area contributed by atoms with Crippen molar-refractivity contribution in [1.29, 1.82) is 0 Å². The Bertz CT molecular complexity index is 1890. The molecule has 0 radical (unpaired) electrons. The first kappa shape index (κ1) is 29.2. The minimum atomic E-state index is -1.06. The number of carbonyl (C=O) groups is 1. The zero-order chi connectivity index (χ0) is 30.7. The van der Waals surface area contributed by atoms with Gasteiger partial charge >= 0.3 is 0 Å². The van der Waals surface area contributed by atoms with E-state index in [0.717, 1.165) is 58.4 Å². The van der Waals surface area contributed by atoms with E-state index >= 15 is 0 Å². The lowest BCUT2D eigenvalue weighted by atomic mass is 10.0. The van der Waals surface area contributed by atoms with Crippen LogP contribution >= 0.6 is 0 Å². The van der Waals surface area contributed by atoms with E-state index in [0.29, 0.717) is 18.8 Å². The molecule has 9 heteroatoms. The molecule has 3 heterocycles. The number of fused-ring (bicyclic) bond motifs is 2. The average Bonchev–Trinajstić information content (AvgIpc) is 3.74. The van der Waals surface area contributed by atoms with Crippen LogP contribution < -0.4 is 15.8 Å². The highest BCUT2D eigenvalue weighted by Crippen LogP contribution is 2.27. The Kier molecular flexibility index (Phi) is 8.21. The van der Waals surface area contributed by atoms with E-state index in [1.54, 1.807) is 21.0 Å². The summed E-state index contributed by atoms with van der Waals surface area (Å²) in [6, 6.07) is 24.1. The Balaban J connectivity index is 1.35. The highest BCUT2D eigenvalue weighted by Gasteiger charge is 2.29. The molecule has 6 rings (SSSR count). The van der Waals surface area contributed by atoms with Crippen LogP contribution in [0.2, 0.25) is 0 Å². The maximum absolute atomic E-state index is 13.3. The number of methoxy groups -OCH3 is 1.